The Hall–Kier alpha value is -0.120. The number of methoxy groups -OCH3 is 1. The minimum Gasteiger partial charge on any atom is -0.385 e. The Morgan fingerprint density at radius 3 is 2.75 bits per heavy atom. The molecule has 1 heterocycles. The van der Waals surface area contributed by atoms with Crippen LogP contribution in [0.5, 0.6) is 0 Å². The minimum atomic E-state index is 0.349. The van der Waals surface area contributed by atoms with E-state index in [1.54, 1.807) is 7.11 Å². The molecule has 0 aromatic heterocycles. The van der Waals surface area contributed by atoms with E-state index in [1.165, 1.54) is 38.5 Å². The highest BCUT2D eigenvalue weighted by Crippen LogP contribution is 2.33. The molecule has 1 saturated heterocycles. The molecule has 2 rings (SSSR count). The third kappa shape index (κ3) is 3.19. The van der Waals surface area contributed by atoms with Crippen LogP contribution in [0.25, 0.3) is 0 Å². The SMILES string of the molecule is COCCC1(NC2CCCOC2)CCCC1. The minimum absolute atomic E-state index is 0.349. The summed E-state index contributed by atoms with van der Waals surface area (Å²) in [4.78, 5) is 0. The molecule has 94 valence electrons. The van der Waals surface area contributed by atoms with Crippen LogP contribution in [-0.2, 0) is 9.47 Å². The molecule has 1 aliphatic heterocycles. The van der Waals surface area contributed by atoms with Gasteiger partial charge in [-0.3, -0.25) is 0 Å². The quantitative estimate of drug-likeness (QED) is 0.780. The predicted octanol–water partition coefficient (Wildman–Crippen LogP) is 2.10. The average molecular weight is 227 g/mol. The molecule has 2 fully saturated rings. The molecule has 1 atom stereocenters. The zero-order chi connectivity index (χ0) is 11.3. The van der Waals surface area contributed by atoms with E-state index in [1.807, 2.05) is 0 Å². The Morgan fingerprint density at radius 1 is 1.31 bits per heavy atom. The number of hydrogen-bond acceptors (Lipinski definition) is 3. The van der Waals surface area contributed by atoms with Crippen molar-refractivity contribution in [2.24, 2.45) is 0 Å². The van der Waals surface area contributed by atoms with Gasteiger partial charge in [-0.2, -0.15) is 0 Å². The van der Waals surface area contributed by atoms with E-state index >= 15 is 0 Å². The highest BCUT2D eigenvalue weighted by Gasteiger charge is 2.35. The van der Waals surface area contributed by atoms with E-state index in [0.717, 1.165) is 26.2 Å². The Labute approximate surface area is 98.9 Å². The van der Waals surface area contributed by atoms with Crippen molar-refractivity contribution in [3.05, 3.63) is 0 Å². The first-order valence-corrected chi connectivity index (χ1v) is 6.69. The predicted molar refractivity (Wildman–Crippen MR) is 64.7 cm³/mol. The zero-order valence-electron chi connectivity index (χ0n) is 10.5. The van der Waals surface area contributed by atoms with E-state index in [0.29, 0.717) is 11.6 Å². The Morgan fingerprint density at radius 2 is 2.12 bits per heavy atom. The number of ether oxygens (including phenoxy) is 2. The fourth-order valence-electron chi connectivity index (χ4n) is 3.10. The lowest BCUT2D eigenvalue weighted by atomic mass is 9.91. The van der Waals surface area contributed by atoms with Gasteiger partial charge in [-0.05, 0) is 32.1 Å². The number of rotatable bonds is 5. The molecule has 2 aliphatic rings. The summed E-state index contributed by atoms with van der Waals surface area (Å²) in [5.41, 5.74) is 0.349. The largest absolute Gasteiger partial charge is 0.385 e. The fraction of sp³-hybridized carbons (Fsp3) is 1.00. The maximum absolute atomic E-state index is 5.55. The second kappa shape index (κ2) is 5.99. The first kappa shape index (κ1) is 12.3. The Kier molecular flexibility index (Phi) is 4.62. The maximum Gasteiger partial charge on any atom is 0.0619 e. The normalized spacial score (nSPS) is 29.4. The van der Waals surface area contributed by atoms with Crippen molar-refractivity contribution in [2.75, 3.05) is 26.9 Å². The van der Waals surface area contributed by atoms with Crippen molar-refractivity contribution in [3.63, 3.8) is 0 Å². The monoisotopic (exact) mass is 227 g/mol. The van der Waals surface area contributed by atoms with Crippen molar-refractivity contribution in [3.8, 4) is 0 Å². The Bertz CT molecular complexity index is 196. The van der Waals surface area contributed by atoms with Gasteiger partial charge in [0.25, 0.3) is 0 Å². The summed E-state index contributed by atoms with van der Waals surface area (Å²) in [6, 6.07) is 0.573. The first-order valence-electron chi connectivity index (χ1n) is 6.69. The van der Waals surface area contributed by atoms with Crippen LogP contribution in [0.2, 0.25) is 0 Å². The van der Waals surface area contributed by atoms with Gasteiger partial charge in [0.1, 0.15) is 0 Å². The molecule has 0 bridgehead atoms. The summed E-state index contributed by atoms with van der Waals surface area (Å²) in [6.07, 6.45) is 8.99. The zero-order valence-corrected chi connectivity index (χ0v) is 10.5. The second-order valence-corrected chi connectivity index (χ2v) is 5.29. The van der Waals surface area contributed by atoms with Crippen LogP contribution in [0, 0.1) is 0 Å². The fourth-order valence-corrected chi connectivity index (χ4v) is 3.10. The molecular weight excluding hydrogens is 202 g/mol. The molecule has 1 unspecified atom stereocenters. The summed E-state index contributed by atoms with van der Waals surface area (Å²) < 4.78 is 10.8. The van der Waals surface area contributed by atoms with Crippen LogP contribution in [0.1, 0.15) is 44.9 Å². The highest BCUT2D eigenvalue weighted by atomic mass is 16.5. The van der Waals surface area contributed by atoms with E-state index in [-0.39, 0.29) is 0 Å². The highest BCUT2D eigenvalue weighted by molar-refractivity contribution is 4.95. The average Bonchev–Trinajstić information content (AvgIpc) is 2.77. The standard InChI is InChI=1S/C13H25NO2/c1-15-10-8-13(6-2-3-7-13)14-12-5-4-9-16-11-12/h12,14H,2-11H2,1H3. The molecule has 1 aliphatic carbocycles. The van der Waals surface area contributed by atoms with Crippen molar-refractivity contribution in [1.29, 1.82) is 0 Å². The molecule has 0 aromatic rings. The molecule has 16 heavy (non-hydrogen) atoms. The molecule has 0 radical (unpaired) electrons. The summed E-state index contributed by atoms with van der Waals surface area (Å²) in [5, 5.41) is 3.86. The van der Waals surface area contributed by atoms with Crippen LogP contribution < -0.4 is 5.32 Å². The van der Waals surface area contributed by atoms with Gasteiger partial charge in [0.15, 0.2) is 0 Å². The summed E-state index contributed by atoms with van der Waals surface area (Å²) >= 11 is 0. The van der Waals surface area contributed by atoms with Gasteiger partial charge in [-0.1, -0.05) is 12.8 Å². The molecule has 3 heteroatoms. The van der Waals surface area contributed by atoms with Gasteiger partial charge in [-0.15, -0.1) is 0 Å². The van der Waals surface area contributed by atoms with Crippen molar-refractivity contribution < 1.29 is 9.47 Å². The van der Waals surface area contributed by atoms with Crippen LogP contribution in [0.4, 0.5) is 0 Å². The number of nitrogens with one attached hydrogen (secondary N) is 1. The van der Waals surface area contributed by atoms with Gasteiger partial charge in [-0.25, -0.2) is 0 Å². The maximum atomic E-state index is 5.55. The van der Waals surface area contributed by atoms with Crippen LogP contribution in [0.3, 0.4) is 0 Å². The van der Waals surface area contributed by atoms with Crippen LogP contribution >= 0.6 is 0 Å². The lowest BCUT2D eigenvalue weighted by Gasteiger charge is -2.36. The van der Waals surface area contributed by atoms with Gasteiger partial charge in [0.05, 0.1) is 6.61 Å². The smallest absolute Gasteiger partial charge is 0.0619 e. The van der Waals surface area contributed by atoms with Crippen LogP contribution in [0.15, 0.2) is 0 Å². The van der Waals surface area contributed by atoms with Gasteiger partial charge in [0.2, 0.25) is 0 Å². The lowest BCUT2D eigenvalue weighted by molar-refractivity contribution is 0.0517. The summed E-state index contributed by atoms with van der Waals surface area (Å²) in [7, 11) is 1.80. The topological polar surface area (TPSA) is 30.5 Å². The molecule has 0 spiro atoms. The van der Waals surface area contributed by atoms with E-state index in [4.69, 9.17) is 9.47 Å². The number of hydrogen-bond donors (Lipinski definition) is 1. The lowest BCUT2D eigenvalue weighted by Crippen LogP contribution is -2.51. The second-order valence-electron chi connectivity index (χ2n) is 5.29. The molecule has 0 amide bonds. The molecule has 0 aromatic carbocycles. The van der Waals surface area contributed by atoms with Crippen molar-refractivity contribution in [2.45, 2.75) is 56.5 Å². The first-order chi connectivity index (χ1) is 7.85. The summed E-state index contributed by atoms with van der Waals surface area (Å²) in [5.74, 6) is 0. The van der Waals surface area contributed by atoms with Gasteiger partial charge in [0, 0.05) is 31.9 Å². The van der Waals surface area contributed by atoms with Crippen molar-refractivity contribution >= 4 is 0 Å². The third-order valence-corrected chi connectivity index (χ3v) is 4.02. The van der Waals surface area contributed by atoms with E-state index in [2.05, 4.69) is 5.32 Å². The van der Waals surface area contributed by atoms with Gasteiger partial charge >= 0.3 is 0 Å². The molecule has 1 N–H and O–H groups in total. The molecular formula is C13H25NO2. The summed E-state index contributed by atoms with van der Waals surface area (Å²) in [6.45, 7) is 2.72. The van der Waals surface area contributed by atoms with E-state index < -0.39 is 0 Å². The van der Waals surface area contributed by atoms with E-state index in [9.17, 15) is 0 Å². The van der Waals surface area contributed by atoms with Gasteiger partial charge < -0.3 is 14.8 Å². The molecule has 1 saturated carbocycles. The van der Waals surface area contributed by atoms with Crippen LogP contribution in [-0.4, -0.2) is 38.5 Å². The third-order valence-electron chi connectivity index (χ3n) is 4.02. The molecule has 3 nitrogen and oxygen atoms in total. The van der Waals surface area contributed by atoms with Crippen molar-refractivity contribution in [1.82, 2.24) is 5.32 Å². The Balaban J connectivity index is 1.85.